The molecule has 298 valence electrons. The average Bonchev–Trinajstić information content (AvgIpc) is 3.09. The fraction of sp³-hybridized carbons (Fsp3) is 0.868. The Labute approximate surface area is 307 Å². The van der Waals surface area contributed by atoms with Crippen LogP contribution in [0.2, 0.25) is 0 Å². The standard InChI is InChI=1S/C38H71N3O10/c1-3-4-5-6-7-8-9-10-11-12-13-14-15-16-17-18-19-20-36(44)41-34(38(46)47)21-22-35(43)39-23-25-48-28-30-51-32-37(45)40-24-26-49-27-29-50-31-33(2)42/h34H,3-32H2,1-2H3,(H,39,43)(H,40,45)(H,41,44)(H,46,47)/t34-/m0/s1. The number of hydrogen-bond donors (Lipinski definition) is 4. The highest BCUT2D eigenvalue weighted by Gasteiger charge is 2.20. The van der Waals surface area contributed by atoms with Crippen molar-refractivity contribution in [2.24, 2.45) is 0 Å². The lowest BCUT2D eigenvalue weighted by Gasteiger charge is -2.14. The molecule has 3 amide bonds. The molecule has 0 spiro atoms. The van der Waals surface area contributed by atoms with E-state index in [1.807, 2.05) is 0 Å². The number of ketones is 1. The Morgan fingerprint density at radius 1 is 0.510 bits per heavy atom. The van der Waals surface area contributed by atoms with Crippen molar-refractivity contribution < 1.29 is 48.0 Å². The molecule has 0 bridgehead atoms. The van der Waals surface area contributed by atoms with Gasteiger partial charge in [0.2, 0.25) is 17.7 Å². The maximum absolute atomic E-state index is 12.3. The zero-order valence-corrected chi connectivity index (χ0v) is 31.9. The molecule has 13 heteroatoms. The molecule has 0 heterocycles. The zero-order chi connectivity index (χ0) is 37.6. The molecular weight excluding hydrogens is 658 g/mol. The molecule has 0 aromatic carbocycles. The summed E-state index contributed by atoms with van der Waals surface area (Å²) >= 11 is 0. The lowest BCUT2D eigenvalue weighted by molar-refractivity contribution is -0.142. The van der Waals surface area contributed by atoms with Crippen molar-refractivity contribution in [2.45, 2.75) is 148 Å². The molecule has 0 unspecified atom stereocenters. The first-order valence-electron chi connectivity index (χ1n) is 19.6. The number of carbonyl (C=O) groups excluding carboxylic acids is 4. The molecule has 4 N–H and O–H groups in total. The van der Waals surface area contributed by atoms with Gasteiger partial charge in [-0.3, -0.25) is 19.2 Å². The summed E-state index contributed by atoms with van der Waals surface area (Å²) in [6, 6.07) is -1.11. The van der Waals surface area contributed by atoms with Gasteiger partial charge in [0.25, 0.3) is 0 Å². The van der Waals surface area contributed by atoms with E-state index in [9.17, 15) is 29.1 Å². The third-order valence-electron chi connectivity index (χ3n) is 8.22. The van der Waals surface area contributed by atoms with Gasteiger partial charge in [-0.05, 0) is 19.8 Å². The van der Waals surface area contributed by atoms with Crippen molar-refractivity contribution in [3.05, 3.63) is 0 Å². The van der Waals surface area contributed by atoms with Crippen molar-refractivity contribution in [2.75, 3.05) is 65.9 Å². The molecule has 0 radical (unpaired) electrons. The first-order chi connectivity index (χ1) is 24.8. The number of nitrogens with one attached hydrogen (secondary N) is 3. The van der Waals surface area contributed by atoms with Gasteiger partial charge in [0.1, 0.15) is 19.3 Å². The van der Waals surface area contributed by atoms with Crippen LogP contribution in [0, 0.1) is 0 Å². The Balaban J connectivity index is 3.65. The third-order valence-corrected chi connectivity index (χ3v) is 8.22. The lowest BCUT2D eigenvalue weighted by Crippen LogP contribution is -2.41. The Morgan fingerprint density at radius 3 is 1.41 bits per heavy atom. The van der Waals surface area contributed by atoms with Crippen molar-refractivity contribution in [1.82, 2.24) is 16.0 Å². The number of Topliss-reactive ketones (excluding diaryl/α,β-unsaturated/α-hetero) is 1. The fourth-order valence-electron chi connectivity index (χ4n) is 5.29. The summed E-state index contributed by atoms with van der Waals surface area (Å²) < 4.78 is 21.0. The van der Waals surface area contributed by atoms with Crippen LogP contribution < -0.4 is 16.0 Å². The third kappa shape index (κ3) is 37.0. The van der Waals surface area contributed by atoms with E-state index >= 15 is 0 Å². The Kier molecular flexibility index (Phi) is 35.3. The number of aliphatic carboxylic acids is 1. The number of carboxylic acids is 1. The fourth-order valence-corrected chi connectivity index (χ4v) is 5.29. The number of carbonyl (C=O) groups is 5. The Bertz CT molecular complexity index is 890. The number of unbranched alkanes of at least 4 members (excludes halogenated alkanes) is 16. The predicted octanol–water partition coefficient (Wildman–Crippen LogP) is 5.27. The molecule has 0 saturated heterocycles. The average molecular weight is 730 g/mol. The van der Waals surface area contributed by atoms with Gasteiger partial charge in [0.05, 0.1) is 39.6 Å². The quantitative estimate of drug-likeness (QED) is 0.0610. The van der Waals surface area contributed by atoms with E-state index in [2.05, 4.69) is 22.9 Å². The normalized spacial score (nSPS) is 11.6. The van der Waals surface area contributed by atoms with E-state index in [4.69, 9.17) is 18.9 Å². The molecule has 1 atom stereocenters. The summed E-state index contributed by atoms with van der Waals surface area (Å²) in [5.74, 6) is -2.11. The monoisotopic (exact) mass is 730 g/mol. The summed E-state index contributed by atoms with van der Waals surface area (Å²) in [4.78, 5) is 58.5. The number of rotatable bonds is 39. The Hall–Kier alpha value is -2.61. The summed E-state index contributed by atoms with van der Waals surface area (Å²) in [5.41, 5.74) is 0. The van der Waals surface area contributed by atoms with E-state index in [1.54, 1.807) is 0 Å². The highest BCUT2D eigenvalue weighted by atomic mass is 16.5. The van der Waals surface area contributed by atoms with Gasteiger partial charge in [-0.2, -0.15) is 0 Å². The van der Waals surface area contributed by atoms with E-state index in [1.165, 1.54) is 96.8 Å². The minimum atomic E-state index is -1.16. The van der Waals surface area contributed by atoms with E-state index in [0.717, 1.165) is 19.3 Å². The largest absolute Gasteiger partial charge is 0.480 e. The summed E-state index contributed by atoms with van der Waals surface area (Å²) in [7, 11) is 0. The lowest BCUT2D eigenvalue weighted by atomic mass is 10.0. The second-order valence-corrected chi connectivity index (χ2v) is 13.1. The summed E-state index contributed by atoms with van der Waals surface area (Å²) in [6.45, 7) is 5.83. The number of amides is 3. The molecular formula is C38H71N3O10. The van der Waals surface area contributed by atoms with Crippen LogP contribution in [0.15, 0.2) is 0 Å². The molecule has 0 fully saturated rings. The van der Waals surface area contributed by atoms with E-state index < -0.39 is 12.0 Å². The molecule has 0 aliphatic rings. The van der Waals surface area contributed by atoms with Crippen LogP contribution in [0.25, 0.3) is 0 Å². The van der Waals surface area contributed by atoms with Crippen LogP contribution in [0.5, 0.6) is 0 Å². The topological polar surface area (TPSA) is 179 Å². The van der Waals surface area contributed by atoms with Gasteiger partial charge in [0.15, 0.2) is 5.78 Å². The van der Waals surface area contributed by atoms with Gasteiger partial charge in [-0.15, -0.1) is 0 Å². The van der Waals surface area contributed by atoms with Crippen LogP contribution in [0.1, 0.15) is 142 Å². The predicted molar refractivity (Wildman–Crippen MR) is 198 cm³/mol. The SMILES string of the molecule is CCCCCCCCCCCCCCCCCCCC(=O)N[C@@H](CCC(=O)NCCOCCOCC(=O)NCCOCCOCC(C)=O)C(=O)O. The summed E-state index contributed by atoms with van der Waals surface area (Å²) in [6.07, 6.45) is 21.7. The minimum absolute atomic E-state index is 0.00434. The molecule has 0 aromatic heterocycles. The highest BCUT2D eigenvalue weighted by Crippen LogP contribution is 2.14. The van der Waals surface area contributed by atoms with Gasteiger partial charge >= 0.3 is 5.97 Å². The number of hydrogen-bond acceptors (Lipinski definition) is 9. The maximum Gasteiger partial charge on any atom is 0.326 e. The molecule has 51 heavy (non-hydrogen) atoms. The second-order valence-electron chi connectivity index (χ2n) is 13.1. The van der Waals surface area contributed by atoms with Crippen LogP contribution in [-0.2, 0) is 42.9 Å². The van der Waals surface area contributed by atoms with Gasteiger partial charge < -0.3 is 40.0 Å². The molecule has 0 aliphatic heterocycles. The number of carboxylic acid groups (broad SMARTS) is 1. The van der Waals surface area contributed by atoms with Gasteiger partial charge in [-0.25, -0.2) is 4.79 Å². The smallest absolute Gasteiger partial charge is 0.326 e. The van der Waals surface area contributed by atoms with Gasteiger partial charge in [0, 0.05) is 25.9 Å². The van der Waals surface area contributed by atoms with Crippen molar-refractivity contribution in [1.29, 1.82) is 0 Å². The number of ether oxygens (including phenoxy) is 4. The molecule has 0 aromatic rings. The minimum Gasteiger partial charge on any atom is -0.480 e. The zero-order valence-electron chi connectivity index (χ0n) is 31.9. The van der Waals surface area contributed by atoms with Crippen LogP contribution in [-0.4, -0.2) is 107 Å². The van der Waals surface area contributed by atoms with Crippen LogP contribution in [0.4, 0.5) is 0 Å². The maximum atomic E-state index is 12.3. The van der Waals surface area contributed by atoms with Crippen LogP contribution >= 0.6 is 0 Å². The van der Waals surface area contributed by atoms with E-state index in [-0.39, 0.29) is 82.3 Å². The first-order valence-corrected chi connectivity index (χ1v) is 19.6. The first kappa shape index (κ1) is 48.4. The van der Waals surface area contributed by atoms with Crippen LogP contribution in [0.3, 0.4) is 0 Å². The second kappa shape index (κ2) is 37.2. The Morgan fingerprint density at radius 2 is 0.941 bits per heavy atom. The molecule has 0 aliphatic carbocycles. The van der Waals surface area contributed by atoms with Crippen molar-refractivity contribution >= 4 is 29.5 Å². The van der Waals surface area contributed by atoms with Crippen molar-refractivity contribution in [3.8, 4) is 0 Å². The summed E-state index contributed by atoms with van der Waals surface area (Å²) in [5, 5.41) is 17.4. The van der Waals surface area contributed by atoms with E-state index in [0.29, 0.717) is 26.4 Å². The molecule has 0 rings (SSSR count). The van der Waals surface area contributed by atoms with Crippen molar-refractivity contribution in [3.63, 3.8) is 0 Å². The molecule has 0 saturated carbocycles. The van der Waals surface area contributed by atoms with Gasteiger partial charge in [-0.1, -0.05) is 110 Å². The molecule has 13 nitrogen and oxygen atoms in total. The highest BCUT2D eigenvalue weighted by molar-refractivity contribution is 5.84.